The molecule has 1 atom stereocenters. The van der Waals surface area contributed by atoms with E-state index in [1.54, 1.807) is 0 Å². The number of rotatable bonds is 7. The highest BCUT2D eigenvalue weighted by molar-refractivity contribution is 7.99. The van der Waals surface area contributed by atoms with Crippen LogP contribution < -0.4 is 5.32 Å². The molecule has 1 fully saturated rings. The van der Waals surface area contributed by atoms with E-state index in [9.17, 15) is 0 Å². The first kappa shape index (κ1) is 13.4. The van der Waals surface area contributed by atoms with Crippen molar-refractivity contribution in [2.24, 2.45) is 5.92 Å². The summed E-state index contributed by atoms with van der Waals surface area (Å²) in [5, 5.41) is 3.71. The van der Waals surface area contributed by atoms with Crippen LogP contribution in [0.5, 0.6) is 0 Å². The van der Waals surface area contributed by atoms with Gasteiger partial charge in [0.05, 0.1) is 0 Å². The van der Waals surface area contributed by atoms with Crippen molar-refractivity contribution in [3.8, 4) is 0 Å². The minimum atomic E-state index is 0.794. The van der Waals surface area contributed by atoms with E-state index in [2.05, 4.69) is 30.9 Å². The van der Waals surface area contributed by atoms with E-state index < -0.39 is 0 Å². The van der Waals surface area contributed by atoms with Crippen molar-refractivity contribution in [3.63, 3.8) is 0 Å². The summed E-state index contributed by atoms with van der Waals surface area (Å²) in [7, 11) is 0. The third-order valence-electron chi connectivity index (χ3n) is 3.28. The first-order chi connectivity index (χ1) is 7.36. The van der Waals surface area contributed by atoms with Crippen molar-refractivity contribution in [3.05, 3.63) is 0 Å². The van der Waals surface area contributed by atoms with Crippen LogP contribution in [0.4, 0.5) is 0 Å². The second kappa shape index (κ2) is 8.46. The lowest BCUT2D eigenvalue weighted by atomic mass is 9.92. The average molecular weight is 229 g/mol. The first-order valence-electron chi connectivity index (χ1n) is 6.68. The summed E-state index contributed by atoms with van der Waals surface area (Å²) < 4.78 is 0. The van der Waals surface area contributed by atoms with Gasteiger partial charge in [0.15, 0.2) is 0 Å². The van der Waals surface area contributed by atoms with Crippen molar-refractivity contribution < 1.29 is 0 Å². The summed E-state index contributed by atoms with van der Waals surface area (Å²) >= 11 is 2.14. The smallest absolute Gasteiger partial charge is 0.00696 e. The van der Waals surface area contributed by atoms with Crippen LogP contribution in [0.1, 0.15) is 52.4 Å². The summed E-state index contributed by atoms with van der Waals surface area (Å²) in [6.45, 7) is 5.76. The fraction of sp³-hybridized carbons (Fsp3) is 1.00. The van der Waals surface area contributed by atoms with Crippen molar-refractivity contribution >= 4 is 11.8 Å². The third kappa shape index (κ3) is 5.82. The molecule has 0 bridgehead atoms. The Bertz CT molecular complexity index is 143. The number of hydrogen-bond donors (Lipinski definition) is 1. The van der Waals surface area contributed by atoms with Gasteiger partial charge in [-0.3, -0.25) is 0 Å². The number of hydrogen-bond acceptors (Lipinski definition) is 2. The molecule has 1 N–H and O–H groups in total. The molecule has 90 valence electrons. The summed E-state index contributed by atoms with van der Waals surface area (Å²) in [5.74, 6) is 3.81. The Hall–Kier alpha value is 0.310. The molecule has 0 aromatic heterocycles. The Labute approximate surface area is 99.8 Å². The molecule has 1 rings (SSSR count). The monoisotopic (exact) mass is 229 g/mol. The molecule has 1 nitrogen and oxygen atoms in total. The molecule has 1 unspecified atom stereocenters. The summed E-state index contributed by atoms with van der Waals surface area (Å²) in [4.78, 5) is 0. The molecule has 0 amide bonds. The molecule has 0 aliphatic carbocycles. The van der Waals surface area contributed by atoms with Crippen LogP contribution in [-0.2, 0) is 0 Å². The van der Waals surface area contributed by atoms with Crippen molar-refractivity contribution in [1.82, 2.24) is 5.32 Å². The zero-order valence-corrected chi connectivity index (χ0v) is 11.2. The van der Waals surface area contributed by atoms with E-state index >= 15 is 0 Å². The van der Waals surface area contributed by atoms with Gasteiger partial charge in [0.25, 0.3) is 0 Å². The van der Waals surface area contributed by atoms with Gasteiger partial charge in [-0.05, 0) is 56.1 Å². The minimum Gasteiger partial charge on any atom is -0.314 e. The first-order valence-corrected chi connectivity index (χ1v) is 7.83. The lowest BCUT2D eigenvalue weighted by Crippen LogP contribution is -2.32. The van der Waals surface area contributed by atoms with Gasteiger partial charge in [0.2, 0.25) is 0 Å². The maximum atomic E-state index is 3.71. The van der Waals surface area contributed by atoms with Gasteiger partial charge in [-0.25, -0.2) is 0 Å². The van der Waals surface area contributed by atoms with Crippen LogP contribution in [0.3, 0.4) is 0 Å². The molecule has 0 radical (unpaired) electrons. The molecule has 1 saturated heterocycles. The molecule has 2 heteroatoms. The highest BCUT2D eigenvalue weighted by Crippen LogP contribution is 2.27. The van der Waals surface area contributed by atoms with Crippen molar-refractivity contribution in [2.75, 3.05) is 18.1 Å². The average Bonchev–Trinajstić information content (AvgIpc) is 2.28. The van der Waals surface area contributed by atoms with Gasteiger partial charge in [0.1, 0.15) is 0 Å². The Morgan fingerprint density at radius 3 is 2.53 bits per heavy atom. The molecule has 15 heavy (non-hydrogen) atoms. The summed E-state index contributed by atoms with van der Waals surface area (Å²) in [6.07, 6.45) is 8.29. The van der Waals surface area contributed by atoms with Crippen molar-refractivity contribution in [1.29, 1.82) is 0 Å². The molecule has 0 aromatic rings. The van der Waals surface area contributed by atoms with E-state index in [1.807, 2.05) is 0 Å². The second-order valence-electron chi connectivity index (χ2n) is 4.73. The van der Waals surface area contributed by atoms with E-state index in [4.69, 9.17) is 0 Å². The molecule has 1 heterocycles. The Morgan fingerprint density at radius 1 is 1.20 bits per heavy atom. The maximum absolute atomic E-state index is 3.71. The van der Waals surface area contributed by atoms with Gasteiger partial charge < -0.3 is 5.32 Å². The van der Waals surface area contributed by atoms with Gasteiger partial charge in [-0.15, -0.1) is 0 Å². The zero-order chi connectivity index (χ0) is 10.9. The summed E-state index contributed by atoms with van der Waals surface area (Å²) in [5.41, 5.74) is 0. The third-order valence-corrected chi connectivity index (χ3v) is 4.33. The topological polar surface area (TPSA) is 12.0 Å². The Kier molecular flexibility index (Phi) is 7.54. The van der Waals surface area contributed by atoms with Gasteiger partial charge >= 0.3 is 0 Å². The van der Waals surface area contributed by atoms with E-state index in [0.29, 0.717) is 0 Å². The van der Waals surface area contributed by atoms with Crippen LogP contribution in [0.15, 0.2) is 0 Å². The normalized spacial score (nSPS) is 20.4. The molecule has 0 spiro atoms. The van der Waals surface area contributed by atoms with E-state index in [0.717, 1.165) is 12.0 Å². The van der Waals surface area contributed by atoms with Gasteiger partial charge in [-0.2, -0.15) is 11.8 Å². The quantitative estimate of drug-likeness (QED) is 0.714. The maximum Gasteiger partial charge on any atom is 0.00696 e. The SMILES string of the molecule is CCCNC(CCC)CC1CCSCC1. The van der Waals surface area contributed by atoms with Crippen LogP contribution in [0.25, 0.3) is 0 Å². The molecular formula is C13H27NS. The van der Waals surface area contributed by atoms with E-state index in [-0.39, 0.29) is 0 Å². The van der Waals surface area contributed by atoms with Crippen LogP contribution >= 0.6 is 11.8 Å². The van der Waals surface area contributed by atoms with Crippen molar-refractivity contribution in [2.45, 2.75) is 58.4 Å². The summed E-state index contributed by atoms with van der Waals surface area (Å²) in [6, 6.07) is 0.794. The molecule has 0 saturated carbocycles. The number of thioether (sulfide) groups is 1. The van der Waals surface area contributed by atoms with Crippen LogP contribution in [-0.4, -0.2) is 24.1 Å². The number of nitrogens with one attached hydrogen (secondary N) is 1. The predicted molar refractivity (Wildman–Crippen MR) is 71.7 cm³/mol. The highest BCUT2D eigenvalue weighted by Gasteiger charge is 2.18. The van der Waals surface area contributed by atoms with Gasteiger partial charge in [-0.1, -0.05) is 20.3 Å². The fourth-order valence-corrected chi connectivity index (χ4v) is 3.59. The van der Waals surface area contributed by atoms with Gasteiger partial charge in [0, 0.05) is 6.04 Å². The molecule has 1 aliphatic heterocycles. The standard InChI is InChI=1S/C13H27NS/c1-3-5-13(14-8-4-2)11-12-6-9-15-10-7-12/h12-14H,3-11H2,1-2H3. The lowest BCUT2D eigenvalue weighted by molar-refractivity contribution is 0.349. The van der Waals surface area contributed by atoms with Crippen LogP contribution in [0, 0.1) is 5.92 Å². The minimum absolute atomic E-state index is 0.794. The second-order valence-corrected chi connectivity index (χ2v) is 5.96. The Morgan fingerprint density at radius 2 is 1.93 bits per heavy atom. The molecule has 0 aromatic carbocycles. The molecular weight excluding hydrogens is 202 g/mol. The zero-order valence-electron chi connectivity index (χ0n) is 10.4. The Balaban J connectivity index is 2.21. The largest absolute Gasteiger partial charge is 0.314 e. The van der Waals surface area contributed by atoms with Crippen LogP contribution in [0.2, 0.25) is 0 Å². The predicted octanol–water partition coefficient (Wildman–Crippen LogP) is 3.69. The molecule has 1 aliphatic rings. The highest BCUT2D eigenvalue weighted by atomic mass is 32.2. The lowest BCUT2D eigenvalue weighted by Gasteiger charge is -2.27. The fourth-order valence-electron chi connectivity index (χ4n) is 2.38. The van der Waals surface area contributed by atoms with E-state index in [1.165, 1.54) is 56.6 Å².